The van der Waals surface area contributed by atoms with Gasteiger partial charge in [0.2, 0.25) is 0 Å². The number of rotatable bonds is 5. The van der Waals surface area contributed by atoms with Gasteiger partial charge in [-0.05, 0) is 19.0 Å². The predicted molar refractivity (Wildman–Crippen MR) is 55.8 cm³/mol. The summed E-state index contributed by atoms with van der Waals surface area (Å²) in [4.78, 5) is 4.22. The standard InChI is InChI=1S/C10H17N3/c1-3-6-12-8-9-5-4-7-13-10(9)11-2/h4-5,7,12H,3,6,8H2,1-2H3,(H,11,13). The van der Waals surface area contributed by atoms with E-state index in [1.54, 1.807) is 6.20 Å². The van der Waals surface area contributed by atoms with E-state index in [-0.39, 0.29) is 0 Å². The lowest BCUT2D eigenvalue weighted by Gasteiger charge is -2.07. The van der Waals surface area contributed by atoms with Gasteiger partial charge in [-0.25, -0.2) is 4.98 Å². The van der Waals surface area contributed by atoms with Crippen LogP contribution in [0.15, 0.2) is 18.3 Å². The van der Waals surface area contributed by atoms with E-state index in [0.717, 1.165) is 25.3 Å². The second kappa shape index (κ2) is 5.54. The molecule has 1 aromatic rings. The summed E-state index contributed by atoms with van der Waals surface area (Å²) in [6, 6.07) is 4.05. The molecule has 0 spiro atoms. The second-order valence-electron chi connectivity index (χ2n) is 2.94. The Balaban J connectivity index is 2.54. The van der Waals surface area contributed by atoms with Crippen molar-refractivity contribution in [2.45, 2.75) is 19.9 Å². The van der Waals surface area contributed by atoms with E-state index in [1.165, 1.54) is 5.56 Å². The van der Waals surface area contributed by atoms with E-state index >= 15 is 0 Å². The zero-order chi connectivity index (χ0) is 9.52. The van der Waals surface area contributed by atoms with Crippen LogP contribution in [0.1, 0.15) is 18.9 Å². The van der Waals surface area contributed by atoms with Crippen LogP contribution in [0.3, 0.4) is 0 Å². The minimum Gasteiger partial charge on any atom is -0.373 e. The largest absolute Gasteiger partial charge is 0.373 e. The summed E-state index contributed by atoms with van der Waals surface area (Å²) in [6.45, 7) is 4.10. The molecule has 3 heteroatoms. The summed E-state index contributed by atoms with van der Waals surface area (Å²) < 4.78 is 0. The molecule has 0 saturated carbocycles. The maximum Gasteiger partial charge on any atom is 0.130 e. The molecule has 1 heterocycles. The Morgan fingerprint density at radius 1 is 1.46 bits per heavy atom. The predicted octanol–water partition coefficient (Wildman–Crippen LogP) is 1.62. The summed E-state index contributed by atoms with van der Waals surface area (Å²) in [5, 5.41) is 6.42. The summed E-state index contributed by atoms with van der Waals surface area (Å²) in [5.41, 5.74) is 1.22. The first-order valence-electron chi connectivity index (χ1n) is 4.70. The van der Waals surface area contributed by atoms with Gasteiger partial charge >= 0.3 is 0 Å². The molecule has 2 N–H and O–H groups in total. The summed E-state index contributed by atoms with van der Waals surface area (Å²) >= 11 is 0. The zero-order valence-corrected chi connectivity index (χ0v) is 8.30. The molecule has 0 amide bonds. The molecule has 0 bridgehead atoms. The van der Waals surface area contributed by atoms with Crippen molar-refractivity contribution in [2.75, 3.05) is 18.9 Å². The fourth-order valence-corrected chi connectivity index (χ4v) is 1.21. The first-order valence-corrected chi connectivity index (χ1v) is 4.70. The van der Waals surface area contributed by atoms with Crippen LogP contribution in [0, 0.1) is 0 Å². The fraction of sp³-hybridized carbons (Fsp3) is 0.500. The smallest absolute Gasteiger partial charge is 0.130 e. The molecular formula is C10H17N3. The molecule has 0 radical (unpaired) electrons. The molecule has 1 aromatic heterocycles. The van der Waals surface area contributed by atoms with Crippen LogP contribution < -0.4 is 10.6 Å². The van der Waals surface area contributed by atoms with Gasteiger partial charge in [0, 0.05) is 25.4 Å². The van der Waals surface area contributed by atoms with Gasteiger partial charge in [0.1, 0.15) is 5.82 Å². The normalized spacial score (nSPS) is 10.0. The minimum absolute atomic E-state index is 0.887. The molecule has 0 fully saturated rings. The Morgan fingerprint density at radius 3 is 3.00 bits per heavy atom. The highest BCUT2D eigenvalue weighted by atomic mass is 15.0. The van der Waals surface area contributed by atoms with Crippen molar-refractivity contribution in [2.24, 2.45) is 0 Å². The topological polar surface area (TPSA) is 37.0 Å². The van der Waals surface area contributed by atoms with Gasteiger partial charge in [0.15, 0.2) is 0 Å². The van der Waals surface area contributed by atoms with E-state index in [4.69, 9.17) is 0 Å². The van der Waals surface area contributed by atoms with E-state index in [2.05, 4.69) is 28.6 Å². The molecule has 0 atom stereocenters. The van der Waals surface area contributed by atoms with E-state index in [9.17, 15) is 0 Å². The van der Waals surface area contributed by atoms with Crippen molar-refractivity contribution in [1.82, 2.24) is 10.3 Å². The molecular weight excluding hydrogens is 162 g/mol. The van der Waals surface area contributed by atoms with Crippen molar-refractivity contribution in [3.8, 4) is 0 Å². The lowest BCUT2D eigenvalue weighted by atomic mass is 10.2. The van der Waals surface area contributed by atoms with Crippen LogP contribution in [0.5, 0.6) is 0 Å². The first kappa shape index (κ1) is 9.99. The number of nitrogens with zero attached hydrogens (tertiary/aromatic N) is 1. The van der Waals surface area contributed by atoms with Gasteiger partial charge < -0.3 is 10.6 Å². The zero-order valence-electron chi connectivity index (χ0n) is 8.30. The molecule has 0 aromatic carbocycles. The second-order valence-corrected chi connectivity index (χ2v) is 2.94. The van der Waals surface area contributed by atoms with Crippen LogP contribution in [0.4, 0.5) is 5.82 Å². The molecule has 0 aliphatic rings. The third-order valence-electron chi connectivity index (χ3n) is 1.87. The Labute approximate surface area is 79.6 Å². The third-order valence-corrected chi connectivity index (χ3v) is 1.87. The Hall–Kier alpha value is -1.09. The van der Waals surface area contributed by atoms with Gasteiger partial charge in [-0.1, -0.05) is 13.0 Å². The van der Waals surface area contributed by atoms with Crippen LogP contribution >= 0.6 is 0 Å². The van der Waals surface area contributed by atoms with Crippen molar-refractivity contribution in [1.29, 1.82) is 0 Å². The molecule has 0 aliphatic carbocycles. The van der Waals surface area contributed by atoms with Gasteiger partial charge in [-0.2, -0.15) is 0 Å². The van der Waals surface area contributed by atoms with Crippen LogP contribution in [0.25, 0.3) is 0 Å². The molecule has 1 rings (SSSR count). The quantitative estimate of drug-likeness (QED) is 0.674. The van der Waals surface area contributed by atoms with Crippen molar-refractivity contribution >= 4 is 5.82 Å². The molecule has 3 nitrogen and oxygen atoms in total. The summed E-state index contributed by atoms with van der Waals surface area (Å²) in [5.74, 6) is 0.964. The molecule has 0 unspecified atom stereocenters. The first-order chi connectivity index (χ1) is 6.38. The third kappa shape index (κ3) is 3.03. The van der Waals surface area contributed by atoms with Gasteiger partial charge in [0.25, 0.3) is 0 Å². The fourth-order valence-electron chi connectivity index (χ4n) is 1.21. The number of hydrogen-bond acceptors (Lipinski definition) is 3. The van der Waals surface area contributed by atoms with Crippen LogP contribution in [-0.2, 0) is 6.54 Å². The minimum atomic E-state index is 0.887. The average molecular weight is 179 g/mol. The monoisotopic (exact) mass is 179 g/mol. The Kier molecular flexibility index (Phi) is 4.26. The molecule has 13 heavy (non-hydrogen) atoms. The van der Waals surface area contributed by atoms with E-state index in [1.807, 2.05) is 13.1 Å². The molecule has 0 saturated heterocycles. The SMILES string of the molecule is CCCNCc1cccnc1NC. The van der Waals surface area contributed by atoms with Crippen molar-refractivity contribution in [3.63, 3.8) is 0 Å². The highest BCUT2D eigenvalue weighted by Crippen LogP contribution is 2.09. The molecule has 72 valence electrons. The van der Waals surface area contributed by atoms with E-state index < -0.39 is 0 Å². The van der Waals surface area contributed by atoms with E-state index in [0.29, 0.717) is 0 Å². The lowest BCUT2D eigenvalue weighted by Crippen LogP contribution is -2.15. The number of aromatic nitrogens is 1. The van der Waals surface area contributed by atoms with Crippen molar-refractivity contribution in [3.05, 3.63) is 23.9 Å². The highest BCUT2D eigenvalue weighted by molar-refractivity contribution is 5.42. The van der Waals surface area contributed by atoms with Crippen LogP contribution in [0.2, 0.25) is 0 Å². The number of anilines is 1. The average Bonchev–Trinajstić information content (AvgIpc) is 2.19. The molecule has 0 aliphatic heterocycles. The van der Waals surface area contributed by atoms with Gasteiger partial charge in [-0.3, -0.25) is 0 Å². The summed E-state index contributed by atoms with van der Waals surface area (Å²) in [7, 11) is 1.89. The van der Waals surface area contributed by atoms with Gasteiger partial charge in [-0.15, -0.1) is 0 Å². The van der Waals surface area contributed by atoms with Gasteiger partial charge in [0.05, 0.1) is 0 Å². The summed E-state index contributed by atoms with van der Waals surface area (Å²) in [6.07, 6.45) is 2.96. The maximum atomic E-state index is 4.22. The highest BCUT2D eigenvalue weighted by Gasteiger charge is 1.98. The Bertz CT molecular complexity index is 248. The lowest BCUT2D eigenvalue weighted by molar-refractivity contribution is 0.675. The Morgan fingerprint density at radius 2 is 2.31 bits per heavy atom. The number of hydrogen-bond donors (Lipinski definition) is 2. The number of nitrogens with one attached hydrogen (secondary N) is 2. The van der Waals surface area contributed by atoms with Crippen molar-refractivity contribution < 1.29 is 0 Å². The van der Waals surface area contributed by atoms with Crippen LogP contribution in [-0.4, -0.2) is 18.6 Å². The maximum absolute atomic E-state index is 4.22. The number of pyridine rings is 1.